The molecule has 1 N–H and O–H groups in total. The van der Waals surface area contributed by atoms with Crippen LogP contribution in [0.1, 0.15) is 39.3 Å². The van der Waals surface area contributed by atoms with Crippen molar-refractivity contribution in [1.82, 2.24) is 10.2 Å². The highest BCUT2D eigenvalue weighted by atomic mass is 16.2. The zero-order chi connectivity index (χ0) is 15.8. The summed E-state index contributed by atoms with van der Waals surface area (Å²) in [5.74, 6) is 0.554. The third kappa shape index (κ3) is 5.72. The van der Waals surface area contributed by atoms with Crippen LogP contribution >= 0.6 is 0 Å². The molecule has 116 valence electrons. The van der Waals surface area contributed by atoms with E-state index in [1.165, 1.54) is 5.56 Å². The van der Waals surface area contributed by atoms with Crippen molar-refractivity contribution in [2.75, 3.05) is 19.6 Å². The second-order valence-electron chi connectivity index (χ2n) is 5.88. The van der Waals surface area contributed by atoms with E-state index in [4.69, 9.17) is 0 Å². The number of carbonyl (C=O) groups excluding carboxylic acids is 1. The fourth-order valence-corrected chi connectivity index (χ4v) is 2.41. The lowest BCUT2D eigenvalue weighted by atomic mass is 9.96. The van der Waals surface area contributed by atoms with Crippen molar-refractivity contribution in [2.24, 2.45) is 5.92 Å². The largest absolute Gasteiger partial charge is 0.338 e. The van der Waals surface area contributed by atoms with Gasteiger partial charge in [-0.3, -0.25) is 4.79 Å². The van der Waals surface area contributed by atoms with Gasteiger partial charge >= 0.3 is 0 Å². The number of nitrogens with one attached hydrogen (secondary N) is 1. The van der Waals surface area contributed by atoms with Crippen LogP contribution in [-0.2, 0) is 4.79 Å². The molecule has 1 aromatic carbocycles. The maximum atomic E-state index is 12.3. The van der Waals surface area contributed by atoms with Crippen molar-refractivity contribution in [2.45, 2.75) is 33.7 Å². The molecule has 1 unspecified atom stereocenters. The highest BCUT2D eigenvalue weighted by Gasteiger charge is 2.18. The molecule has 0 heterocycles. The van der Waals surface area contributed by atoms with Crippen molar-refractivity contribution >= 4 is 5.91 Å². The topological polar surface area (TPSA) is 32.3 Å². The van der Waals surface area contributed by atoms with Crippen LogP contribution in [0, 0.1) is 5.92 Å². The predicted octanol–water partition coefficient (Wildman–Crippen LogP) is 3.40. The Morgan fingerprint density at radius 3 is 2.38 bits per heavy atom. The first-order valence-corrected chi connectivity index (χ1v) is 7.66. The molecule has 1 amide bonds. The molecule has 0 saturated heterocycles. The summed E-state index contributed by atoms with van der Waals surface area (Å²) in [4.78, 5) is 14.1. The molecular formula is C18H28N2O. The molecule has 0 aliphatic rings. The second-order valence-corrected chi connectivity index (χ2v) is 5.88. The molecule has 1 atom stereocenters. The van der Waals surface area contributed by atoms with E-state index in [9.17, 15) is 4.79 Å². The second kappa shape index (κ2) is 8.63. The first-order valence-electron chi connectivity index (χ1n) is 7.66. The Bertz CT molecular complexity index is 454. The Morgan fingerprint density at radius 2 is 1.90 bits per heavy atom. The molecular weight excluding hydrogens is 260 g/mol. The highest BCUT2D eigenvalue weighted by Crippen LogP contribution is 2.20. The predicted molar refractivity (Wildman–Crippen MR) is 89.1 cm³/mol. The average molecular weight is 288 g/mol. The van der Waals surface area contributed by atoms with Crippen LogP contribution in [0.15, 0.2) is 42.5 Å². The van der Waals surface area contributed by atoms with Gasteiger partial charge in [-0.1, -0.05) is 56.3 Å². The first-order chi connectivity index (χ1) is 9.95. The molecule has 3 heteroatoms. The van der Waals surface area contributed by atoms with Gasteiger partial charge in [0.1, 0.15) is 0 Å². The maximum absolute atomic E-state index is 12.3. The molecule has 0 saturated carbocycles. The summed E-state index contributed by atoms with van der Waals surface area (Å²) in [5, 5.41) is 3.40. The molecule has 0 bridgehead atoms. The molecule has 0 radical (unpaired) electrons. The zero-order valence-electron chi connectivity index (χ0n) is 13.7. The van der Waals surface area contributed by atoms with Crippen LogP contribution in [-0.4, -0.2) is 30.4 Å². The van der Waals surface area contributed by atoms with Crippen molar-refractivity contribution in [3.05, 3.63) is 48.0 Å². The van der Waals surface area contributed by atoms with Gasteiger partial charge in [-0.2, -0.15) is 0 Å². The number of likely N-dealkylation sites (N-methyl/N-ethyl adjacent to an activating group) is 1. The summed E-state index contributed by atoms with van der Waals surface area (Å²) < 4.78 is 0. The van der Waals surface area contributed by atoms with E-state index in [1.807, 2.05) is 36.9 Å². The van der Waals surface area contributed by atoms with Crippen LogP contribution in [0.3, 0.4) is 0 Å². The molecule has 1 rings (SSSR count). The zero-order valence-corrected chi connectivity index (χ0v) is 13.7. The van der Waals surface area contributed by atoms with Crippen LogP contribution in [0.25, 0.3) is 0 Å². The minimum absolute atomic E-state index is 0.127. The van der Waals surface area contributed by atoms with Crippen molar-refractivity contribution in [3.8, 4) is 0 Å². The summed E-state index contributed by atoms with van der Waals surface area (Å²) >= 11 is 0. The smallest absolute Gasteiger partial charge is 0.236 e. The summed E-state index contributed by atoms with van der Waals surface area (Å²) in [5.41, 5.74) is 2.23. The molecule has 0 fully saturated rings. The number of hydrogen-bond acceptors (Lipinski definition) is 2. The minimum atomic E-state index is 0.127. The number of hydrogen-bond donors (Lipinski definition) is 1. The molecule has 0 aliphatic carbocycles. The van der Waals surface area contributed by atoms with Gasteiger partial charge in [-0.25, -0.2) is 0 Å². The number of carbonyl (C=O) groups is 1. The summed E-state index contributed by atoms with van der Waals surface area (Å²) in [6.45, 7) is 13.9. The molecule has 0 aromatic heterocycles. The van der Waals surface area contributed by atoms with E-state index in [-0.39, 0.29) is 11.9 Å². The van der Waals surface area contributed by atoms with Gasteiger partial charge in [-0.05, 0) is 25.3 Å². The van der Waals surface area contributed by atoms with E-state index in [0.717, 1.165) is 5.57 Å². The fraction of sp³-hybridized carbons (Fsp3) is 0.500. The summed E-state index contributed by atoms with van der Waals surface area (Å²) in [7, 11) is 0. The molecule has 21 heavy (non-hydrogen) atoms. The Kier molecular flexibility index (Phi) is 7.17. The van der Waals surface area contributed by atoms with Gasteiger partial charge in [0.15, 0.2) is 0 Å². The lowest BCUT2D eigenvalue weighted by Crippen LogP contribution is -2.40. The molecule has 3 nitrogen and oxygen atoms in total. The SMILES string of the molecule is C=C(C)CN(CC)C(=O)CNC(c1ccccc1)C(C)C. The Morgan fingerprint density at radius 1 is 1.29 bits per heavy atom. The van der Waals surface area contributed by atoms with Crippen LogP contribution in [0.4, 0.5) is 0 Å². The van der Waals surface area contributed by atoms with Crippen molar-refractivity contribution < 1.29 is 4.79 Å². The Balaban J connectivity index is 2.65. The monoisotopic (exact) mass is 288 g/mol. The Hall–Kier alpha value is -1.61. The van der Waals surface area contributed by atoms with E-state index >= 15 is 0 Å². The first kappa shape index (κ1) is 17.4. The molecule has 1 aromatic rings. The number of rotatable bonds is 8. The average Bonchev–Trinajstić information content (AvgIpc) is 2.45. The standard InChI is InChI=1S/C18H28N2O/c1-6-20(13-14(2)3)17(21)12-19-18(15(4)5)16-10-8-7-9-11-16/h7-11,15,18-19H,2,6,12-13H2,1,3-5H3. The van der Waals surface area contributed by atoms with Crippen molar-refractivity contribution in [3.63, 3.8) is 0 Å². The van der Waals surface area contributed by atoms with Gasteiger partial charge in [-0.15, -0.1) is 0 Å². The normalized spacial score (nSPS) is 12.2. The third-order valence-corrected chi connectivity index (χ3v) is 3.49. The summed E-state index contributed by atoms with van der Waals surface area (Å²) in [6.07, 6.45) is 0. The van der Waals surface area contributed by atoms with E-state index in [1.54, 1.807) is 0 Å². The summed E-state index contributed by atoms with van der Waals surface area (Å²) in [6, 6.07) is 10.5. The number of nitrogens with zero attached hydrogens (tertiary/aromatic N) is 1. The number of benzene rings is 1. The minimum Gasteiger partial charge on any atom is -0.338 e. The van der Waals surface area contributed by atoms with Crippen LogP contribution in [0.2, 0.25) is 0 Å². The van der Waals surface area contributed by atoms with E-state index in [2.05, 4.69) is 37.9 Å². The van der Waals surface area contributed by atoms with Crippen LogP contribution < -0.4 is 5.32 Å². The van der Waals surface area contributed by atoms with Gasteiger partial charge in [0, 0.05) is 19.1 Å². The highest BCUT2D eigenvalue weighted by molar-refractivity contribution is 5.78. The number of amides is 1. The lowest BCUT2D eigenvalue weighted by Gasteiger charge is -2.26. The fourth-order valence-electron chi connectivity index (χ4n) is 2.41. The van der Waals surface area contributed by atoms with Gasteiger partial charge in [0.05, 0.1) is 6.54 Å². The molecule has 0 aliphatic heterocycles. The van der Waals surface area contributed by atoms with Gasteiger partial charge in [0.25, 0.3) is 0 Å². The van der Waals surface area contributed by atoms with Gasteiger partial charge in [0.2, 0.25) is 5.91 Å². The quantitative estimate of drug-likeness (QED) is 0.744. The van der Waals surface area contributed by atoms with Crippen molar-refractivity contribution in [1.29, 1.82) is 0 Å². The maximum Gasteiger partial charge on any atom is 0.236 e. The van der Waals surface area contributed by atoms with Crippen LogP contribution in [0.5, 0.6) is 0 Å². The third-order valence-electron chi connectivity index (χ3n) is 3.49. The van der Waals surface area contributed by atoms with E-state index in [0.29, 0.717) is 25.6 Å². The van der Waals surface area contributed by atoms with Gasteiger partial charge < -0.3 is 10.2 Å². The van der Waals surface area contributed by atoms with E-state index < -0.39 is 0 Å². The Labute approximate surface area is 129 Å². The molecule has 0 spiro atoms. The lowest BCUT2D eigenvalue weighted by molar-refractivity contribution is -0.129.